The second kappa shape index (κ2) is 11.7. The summed E-state index contributed by atoms with van der Waals surface area (Å²) in [6.45, 7) is 1.59. The number of ketones is 1. The molecule has 2 heterocycles. The monoisotopic (exact) mass is 558 g/mol. The summed E-state index contributed by atoms with van der Waals surface area (Å²) in [7, 11) is 0. The lowest BCUT2D eigenvalue weighted by Gasteiger charge is -2.31. The molecule has 8 nitrogen and oxygen atoms in total. The summed E-state index contributed by atoms with van der Waals surface area (Å²) in [6, 6.07) is 28.4. The van der Waals surface area contributed by atoms with E-state index in [1.807, 2.05) is 30.3 Å². The molecule has 0 saturated carbocycles. The number of aliphatic hydroxyl groups excluding tert-OH is 1. The van der Waals surface area contributed by atoms with E-state index >= 15 is 0 Å². The molecular formula is C34H30N4O4. The second-order valence-electron chi connectivity index (χ2n) is 10.4. The van der Waals surface area contributed by atoms with Crippen LogP contribution in [0.15, 0.2) is 103 Å². The minimum absolute atomic E-state index is 0.164. The normalized spacial score (nSPS) is 13.6. The van der Waals surface area contributed by atoms with E-state index in [1.54, 1.807) is 72.9 Å². The molecule has 8 heteroatoms. The van der Waals surface area contributed by atoms with Gasteiger partial charge < -0.3 is 25.6 Å². The maximum absolute atomic E-state index is 13.1. The standard InChI is InChI=1S/C34H30N4O4/c39-29-17-20-38(21-18-29)28-14-8-25(9-15-28)33(41)36-26-10-4-23(5-11-26)32(40)24-6-12-27(13-7-24)37-34(42)30-3-1-2-22-16-19-35-31(22)30/h1-16,19,29,35,39H,17-18,20-21H2,(H,36,41)(H,37,42). The van der Waals surface area contributed by atoms with E-state index in [9.17, 15) is 19.5 Å². The SMILES string of the molecule is O=C(Nc1ccc(C(=O)c2ccc(NC(=O)c3cccc4cc[nH]c34)cc2)cc1)c1ccc(N2CCC(O)CC2)cc1. The number of rotatable bonds is 7. The summed E-state index contributed by atoms with van der Waals surface area (Å²) in [6.07, 6.45) is 3.06. The molecule has 0 atom stereocenters. The Morgan fingerprint density at radius 3 is 1.88 bits per heavy atom. The summed E-state index contributed by atoms with van der Waals surface area (Å²) >= 11 is 0. The zero-order chi connectivity index (χ0) is 29.1. The first-order valence-corrected chi connectivity index (χ1v) is 13.9. The number of anilines is 3. The Balaban J connectivity index is 1.05. The number of hydrogen-bond acceptors (Lipinski definition) is 5. The number of aromatic amines is 1. The van der Waals surface area contributed by atoms with Gasteiger partial charge in [0, 0.05) is 58.4 Å². The highest BCUT2D eigenvalue weighted by Gasteiger charge is 2.18. The van der Waals surface area contributed by atoms with Crippen molar-refractivity contribution in [3.63, 3.8) is 0 Å². The van der Waals surface area contributed by atoms with Gasteiger partial charge in [0.05, 0.1) is 17.2 Å². The van der Waals surface area contributed by atoms with Crippen molar-refractivity contribution in [2.75, 3.05) is 28.6 Å². The number of H-pyrrole nitrogens is 1. The minimum Gasteiger partial charge on any atom is -0.393 e. The van der Waals surface area contributed by atoms with Gasteiger partial charge in [-0.3, -0.25) is 14.4 Å². The highest BCUT2D eigenvalue weighted by Crippen LogP contribution is 2.22. The van der Waals surface area contributed by atoms with Crippen LogP contribution < -0.4 is 15.5 Å². The molecule has 6 rings (SSSR count). The third-order valence-electron chi connectivity index (χ3n) is 7.60. The Hall–Kier alpha value is -5.21. The largest absolute Gasteiger partial charge is 0.393 e. The Kier molecular flexibility index (Phi) is 7.53. The van der Waals surface area contributed by atoms with Gasteiger partial charge in [-0.25, -0.2) is 0 Å². The number of amides is 2. The van der Waals surface area contributed by atoms with E-state index in [0.717, 1.165) is 42.5 Å². The van der Waals surface area contributed by atoms with Crippen molar-refractivity contribution in [3.05, 3.63) is 126 Å². The summed E-state index contributed by atoms with van der Waals surface area (Å²) < 4.78 is 0. The summed E-state index contributed by atoms with van der Waals surface area (Å²) in [5.74, 6) is -0.638. The zero-order valence-corrected chi connectivity index (χ0v) is 22.8. The highest BCUT2D eigenvalue weighted by atomic mass is 16.3. The topological polar surface area (TPSA) is 115 Å². The van der Waals surface area contributed by atoms with E-state index in [4.69, 9.17) is 0 Å². The molecule has 0 unspecified atom stereocenters. The summed E-state index contributed by atoms with van der Waals surface area (Å²) in [4.78, 5) is 44.0. The molecule has 1 saturated heterocycles. The number of aliphatic hydroxyl groups is 1. The molecule has 4 aromatic carbocycles. The number of aromatic nitrogens is 1. The first-order valence-electron chi connectivity index (χ1n) is 13.9. The molecule has 42 heavy (non-hydrogen) atoms. The quantitative estimate of drug-likeness (QED) is 0.187. The molecule has 0 aliphatic carbocycles. The minimum atomic E-state index is -0.238. The predicted octanol–water partition coefficient (Wildman–Crippen LogP) is 5.86. The van der Waals surface area contributed by atoms with Gasteiger partial charge in [-0.1, -0.05) is 12.1 Å². The highest BCUT2D eigenvalue weighted by molar-refractivity contribution is 6.13. The van der Waals surface area contributed by atoms with Crippen LogP contribution in [0.4, 0.5) is 17.1 Å². The maximum atomic E-state index is 13.1. The Morgan fingerprint density at radius 1 is 0.690 bits per heavy atom. The van der Waals surface area contributed by atoms with Gasteiger partial charge >= 0.3 is 0 Å². The van der Waals surface area contributed by atoms with Crippen LogP contribution in [0.3, 0.4) is 0 Å². The molecule has 5 aromatic rings. The number of piperidine rings is 1. The maximum Gasteiger partial charge on any atom is 0.257 e. The molecule has 0 bridgehead atoms. The third kappa shape index (κ3) is 5.80. The van der Waals surface area contributed by atoms with Crippen LogP contribution in [0.5, 0.6) is 0 Å². The first-order chi connectivity index (χ1) is 20.4. The molecule has 1 aliphatic rings. The second-order valence-corrected chi connectivity index (χ2v) is 10.4. The van der Waals surface area contributed by atoms with Crippen LogP contribution in [0.1, 0.15) is 49.5 Å². The van der Waals surface area contributed by atoms with E-state index in [0.29, 0.717) is 33.6 Å². The third-order valence-corrected chi connectivity index (χ3v) is 7.60. The molecule has 2 amide bonds. The lowest BCUT2D eigenvalue weighted by atomic mass is 10.0. The van der Waals surface area contributed by atoms with E-state index in [-0.39, 0.29) is 23.7 Å². The summed E-state index contributed by atoms with van der Waals surface area (Å²) in [5.41, 5.74) is 5.02. The van der Waals surface area contributed by atoms with Crippen molar-refractivity contribution in [3.8, 4) is 0 Å². The van der Waals surface area contributed by atoms with E-state index < -0.39 is 0 Å². The fourth-order valence-electron chi connectivity index (χ4n) is 5.20. The van der Waals surface area contributed by atoms with Crippen LogP contribution in [-0.2, 0) is 0 Å². The van der Waals surface area contributed by atoms with Crippen LogP contribution >= 0.6 is 0 Å². The number of para-hydroxylation sites is 1. The van der Waals surface area contributed by atoms with Gasteiger partial charge in [-0.2, -0.15) is 0 Å². The molecule has 0 spiro atoms. The number of benzene rings is 4. The van der Waals surface area contributed by atoms with Crippen molar-refractivity contribution in [1.29, 1.82) is 0 Å². The number of nitrogens with one attached hydrogen (secondary N) is 3. The van der Waals surface area contributed by atoms with Gasteiger partial charge in [0.2, 0.25) is 0 Å². The Bertz CT molecular complexity index is 1730. The van der Waals surface area contributed by atoms with Crippen molar-refractivity contribution < 1.29 is 19.5 Å². The molecule has 1 aromatic heterocycles. The van der Waals surface area contributed by atoms with Crippen molar-refractivity contribution >= 4 is 45.6 Å². The van der Waals surface area contributed by atoms with E-state index in [1.165, 1.54) is 0 Å². The fourth-order valence-corrected chi connectivity index (χ4v) is 5.20. The average molecular weight is 559 g/mol. The van der Waals surface area contributed by atoms with Gasteiger partial charge in [0.15, 0.2) is 5.78 Å². The smallest absolute Gasteiger partial charge is 0.257 e. The predicted molar refractivity (Wildman–Crippen MR) is 164 cm³/mol. The molecule has 210 valence electrons. The first kappa shape index (κ1) is 27.0. The van der Waals surface area contributed by atoms with Crippen LogP contribution in [-0.4, -0.2) is 46.9 Å². The number of hydrogen-bond donors (Lipinski definition) is 4. The van der Waals surface area contributed by atoms with Gasteiger partial charge in [-0.05, 0) is 97.8 Å². The van der Waals surface area contributed by atoms with E-state index in [2.05, 4.69) is 20.5 Å². The summed E-state index contributed by atoms with van der Waals surface area (Å²) in [5, 5.41) is 16.4. The van der Waals surface area contributed by atoms with Crippen molar-refractivity contribution in [1.82, 2.24) is 4.98 Å². The van der Waals surface area contributed by atoms with Gasteiger partial charge in [-0.15, -0.1) is 0 Å². The van der Waals surface area contributed by atoms with Gasteiger partial charge in [0.1, 0.15) is 0 Å². The molecule has 1 aliphatic heterocycles. The Morgan fingerprint density at radius 2 is 1.26 bits per heavy atom. The van der Waals surface area contributed by atoms with Crippen molar-refractivity contribution in [2.24, 2.45) is 0 Å². The number of carbonyl (C=O) groups excluding carboxylic acids is 3. The molecular weight excluding hydrogens is 528 g/mol. The molecule has 1 fully saturated rings. The average Bonchev–Trinajstić information content (AvgIpc) is 3.51. The number of nitrogens with zero attached hydrogens (tertiary/aromatic N) is 1. The lowest BCUT2D eigenvalue weighted by molar-refractivity contribution is 0.101. The van der Waals surface area contributed by atoms with Crippen LogP contribution in [0.25, 0.3) is 10.9 Å². The van der Waals surface area contributed by atoms with Gasteiger partial charge in [0.25, 0.3) is 11.8 Å². The van der Waals surface area contributed by atoms with Crippen LogP contribution in [0, 0.1) is 0 Å². The number of carbonyl (C=O) groups is 3. The van der Waals surface area contributed by atoms with Crippen LogP contribution in [0.2, 0.25) is 0 Å². The molecule has 0 radical (unpaired) electrons. The molecule has 4 N–H and O–H groups in total. The number of fused-ring (bicyclic) bond motifs is 1. The lowest BCUT2D eigenvalue weighted by Crippen LogP contribution is -2.35. The fraction of sp³-hybridized carbons (Fsp3) is 0.147. The Labute approximate surface area is 243 Å². The zero-order valence-electron chi connectivity index (χ0n) is 22.8. The van der Waals surface area contributed by atoms with Crippen molar-refractivity contribution in [2.45, 2.75) is 18.9 Å².